The number of nitrogens with one attached hydrogen (secondary N) is 2. The van der Waals surface area contributed by atoms with Gasteiger partial charge < -0.3 is 20.1 Å². The third-order valence-electron chi connectivity index (χ3n) is 3.59. The predicted octanol–water partition coefficient (Wildman–Crippen LogP) is 3.16. The summed E-state index contributed by atoms with van der Waals surface area (Å²) in [5, 5.41) is 5.29. The third-order valence-corrected chi connectivity index (χ3v) is 3.59. The van der Waals surface area contributed by atoms with Crippen molar-refractivity contribution in [1.82, 2.24) is 5.32 Å². The molecule has 0 radical (unpaired) electrons. The van der Waals surface area contributed by atoms with Crippen molar-refractivity contribution in [2.75, 3.05) is 5.32 Å². The van der Waals surface area contributed by atoms with Crippen LogP contribution in [0.25, 0.3) is 0 Å². The topological polar surface area (TPSA) is 76.7 Å². The highest BCUT2D eigenvalue weighted by Gasteiger charge is 2.43. The molecule has 1 atom stereocenters. The van der Waals surface area contributed by atoms with E-state index in [1.54, 1.807) is 37.3 Å². The fraction of sp³-hybridized carbons (Fsp3) is 0.222. The molecular formula is C18H16F2N2O4. The maximum Gasteiger partial charge on any atom is 0.586 e. The molecule has 0 aliphatic carbocycles. The van der Waals surface area contributed by atoms with Crippen molar-refractivity contribution in [3.05, 3.63) is 54.1 Å². The van der Waals surface area contributed by atoms with Gasteiger partial charge in [0.1, 0.15) is 0 Å². The molecular weight excluding hydrogens is 346 g/mol. The molecule has 26 heavy (non-hydrogen) atoms. The second-order valence-electron chi connectivity index (χ2n) is 5.82. The van der Waals surface area contributed by atoms with Gasteiger partial charge in [-0.25, -0.2) is 0 Å². The van der Waals surface area contributed by atoms with Gasteiger partial charge >= 0.3 is 6.29 Å². The molecule has 2 amide bonds. The summed E-state index contributed by atoms with van der Waals surface area (Å²) < 4.78 is 34.6. The third kappa shape index (κ3) is 4.27. The van der Waals surface area contributed by atoms with Gasteiger partial charge in [0.05, 0.1) is 0 Å². The zero-order chi connectivity index (χ0) is 18.7. The van der Waals surface area contributed by atoms with E-state index < -0.39 is 12.3 Å². The number of carbonyl (C=O) groups is 2. The molecule has 3 rings (SSSR count). The van der Waals surface area contributed by atoms with Gasteiger partial charge in [0.2, 0.25) is 5.91 Å². The first kappa shape index (κ1) is 17.7. The Bertz CT molecular complexity index is 827. The van der Waals surface area contributed by atoms with Crippen LogP contribution in [0.1, 0.15) is 23.7 Å². The van der Waals surface area contributed by atoms with Crippen LogP contribution in [-0.4, -0.2) is 24.2 Å². The Morgan fingerprint density at radius 3 is 2.50 bits per heavy atom. The summed E-state index contributed by atoms with van der Waals surface area (Å²) in [6.45, 7) is 1.70. The molecule has 1 aliphatic rings. The molecule has 1 aliphatic heterocycles. The lowest BCUT2D eigenvalue weighted by atomic mass is 10.1. The van der Waals surface area contributed by atoms with Gasteiger partial charge in [0.25, 0.3) is 5.91 Å². The molecule has 0 spiro atoms. The van der Waals surface area contributed by atoms with E-state index in [4.69, 9.17) is 0 Å². The van der Waals surface area contributed by atoms with E-state index in [0.29, 0.717) is 5.56 Å². The molecule has 0 fully saturated rings. The molecule has 2 aromatic rings. The van der Waals surface area contributed by atoms with E-state index in [1.807, 2.05) is 0 Å². The van der Waals surface area contributed by atoms with Crippen LogP contribution in [0.3, 0.4) is 0 Å². The average Bonchev–Trinajstić information content (AvgIpc) is 2.88. The maximum atomic E-state index is 13.0. The molecule has 0 bridgehead atoms. The Hall–Kier alpha value is -3.16. The number of amides is 2. The molecule has 8 heteroatoms. The van der Waals surface area contributed by atoms with E-state index in [-0.39, 0.29) is 35.4 Å². The lowest BCUT2D eigenvalue weighted by Crippen LogP contribution is -2.35. The highest BCUT2D eigenvalue weighted by atomic mass is 19.3. The Labute approximate surface area is 148 Å². The summed E-state index contributed by atoms with van der Waals surface area (Å²) in [5.74, 6) is -0.914. The maximum absolute atomic E-state index is 13.0. The van der Waals surface area contributed by atoms with Crippen molar-refractivity contribution >= 4 is 17.5 Å². The Morgan fingerprint density at radius 1 is 1.08 bits per heavy atom. The van der Waals surface area contributed by atoms with Crippen molar-refractivity contribution in [3.8, 4) is 11.5 Å². The monoisotopic (exact) mass is 362 g/mol. The minimum atomic E-state index is -3.71. The Morgan fingerprint density at radius 2 is 1.77 bits per heavy atom. The quantitative estimate of drug-likeness (QED) is 0.857. The molecule has 136 valence electrons. The zero-order valence-electron chi connectivity index (χ0n) is 13.8. The molecule has 0 saturated heterocycles. The Kier molecular flexibility index (Phi) is 4.75. The van der Waals surface area contributed by atoms with E-state index in [1.165, 1.54) is 18.2 Å². The molecule has 6 nitrogen and oxygen atoms in total. The van der Waals surface area contributed by atoms with Crippen LogP contribution >= 0.6 is 0 Å². The second kappa shape index (κ2) is 6.99. The van der Waals surface area contributed by atoms with Gasteiger partial charge in [-0.3, -0.25) is 9.59 Å². The standard InChI is InChI=1S/C18H16F2N2O4/c1-11(21-17(24)12-5-3-2-4-6-12)9-16(23)22-13-7-8-14-15(10-13)26-18(19,20)25-14/h2-8,10-11H,9H2,1H3,(H,21,24)(H,22,23)/t11-/m0/s1. The van der Waals surface area contributed by atoms with Gasteiger partial charge in [-0.1, -0.05) is 18.2 Å². The first-order valence-electron chi connectivity index (χ1n) is 7.88. The van der Waals surface area contributed by atoms with Crippen LogP contribution in [0.4, 0.5) is 14.5 Å². The second-order valence-corrected chi connectivity index (χ2v) is 5.82. The van der Waals surface area contributed by atoms with Crippen molar-refractivity contribution < 1.29 is 27.8 Å². The van der Waals surface area contributed by atoms with Crippen LogP contribution in [0.2, 0.25) is 0 Å². The van der Waals surface area contributed by atoms with Crippen molar-refractivity contribution in [3.63, 3.8) is 0 Å². The highest BCUT2D eigenvalue weighted by Crippen LogP contribution is 2.42. The minimum Gasteiger partial charge on any atom is -0.395 e. The molecule has 0 saturated carbocycles. The number of hydrogen-bond acceptors (Lipinski definition) is 4. The van der Waals surface area contributed by atoms with Crippen LogP contribution in [0.5, 0.6) is 11.5 Å². The lowest BCUT2D eigenvalue weighted by Gasteiger charge is -2.14. The van der Waals surface area contributed by atoms with Crippen molar-refractivity contribution in [2.24, 2.45) is 0 Å². The number of anilines is 1. The van der Waals surface area contributed by atoms with E-state index in [9.17, 15) is 18.4 Å². The summed E-state index contributed by atoms with van der Waals surface area (Å²) in [7, 11) is 0. The number of fused-ring (bicyclic) bond motifs is 1. The fourth-order valence-corrected chi connectivity index (χ4v) is 2.46. The van der Waals surface area contributed by atoms with Gasteiger partial charge in [0.15, 0.2) is 11.5 Å². The smallest absolute Gasteiger partial charge is 0.395 e. The summed E-state index contributed by atoms with van der Waals surface area (Å²) in [6.07, 6.45) is -3.69. The van der Waals surface area contributed by atoms with E-state index >= 15 is 0 Å². The summed E-state index contributed by atoms with van der Waals surface area (Å²) in [5.41, 5.74) is 0.785. The van der Waals surface area contributed by atoms with Crippen LogP contribution in [0.15, 0.2) is 48.5 Å². The van der Waals surface area contributed by atoms with Crippen LogP contribution in [0, 0.1) is 0 Å². The van der Waals surface area contributed by atoms with Gasteiger partial charge in [0, 0.05) is 29.8 Å². The average molecular weight is 362 g/mol. The zero-order valence-corrected chi connectivity index (χ0v) is 13.8. The van der Waals surface area contributed by atoms with Gasteiger partial charge in [-0.05, 0) is 31.2 Å². The first-order valence-corrected chi connectivity index (χ1v) is 7.88. The molecule has 0 unspecified atom stereocenters. The van der Waals surface area contributed by atoms with E-state index in [2.05, 4.69) is 20.1 Å². The largest absolute Gasteiger partial charge is 0.586 e. The number of carbonyl (C=O) groups excluding carboxylic acids is 2. The number of halogens is 2. The normalized spacial score (nSPS) is 15.2. The molecule has 2 N–H and O–H groups in total. The predicted molar refractivity (Wildman–Crippen MR) is 89.3 cm³/mol. The lowest BCUT2D eigenvalue weighted by molar-refractivity contribution is -0.286. The highest BCUT2D eigenvalue weighted by molar-refractivity contribution is 5.95. The molecule has 0 aromatic heterocycles. The SMILES string of the molecule is C[C@@H](CC(=O)Nc1ccc2c(c1)OC(F)(F)O2)NC(=O)c1ccccc1. The van der Waals surface area contributed by atoms with Crippen molar-refractivity contribution in [2.45, 2.75) is 25.7 Å². The number of hydrogen-bond donors (Lipinski definition) is 2. The molecule has 1 heterocycles. The summed E-state index contributed by atoms with van der Waals surface area (Å²) in [4.78, 5) is 24.1. The van der Waals surface area contributed by atoms with Crippen LogP contribution in [-0.2, 0) is 4.79 Å². The van der Waals surface area contributed by atoms with Gasteiger partial charge in [-0.15, -0.1) is 8.78 Å². The minimum absolute atomic E-state index is 0.0170. The Balaban J connectivity index is 1.54. The molecule has 2 aromatic carbocycles. The first-order chi connectivity index (χ1) is 12.3. The van der Waals surface area contributed by atoms with Gasteiger partial charge in [-0.2, -0.15) is 0 Å². The van der Waals surface area contributed by atoms with E-state index in [0.717, 1.165) is 0 Å². The van der Waals surface area contributed by atoms with Crippen molar-refractivity contribution in [1.29, 1.82) is 0 Å². The fourth-order valence-electron chi connectivity index (χ4n) is 2.46. The number of rotatable bonds is 5. The number of ether oxygens (including phenoxy) is 2. The summed E-state index contributed by atoms with van der Waals surface area (Å²) in [6, 6.07) is 12.2. The summed E-state index contributed by atoms with van der Waals surface area (Å²) >= 11 is 0. The number of alkyl halides is 2. The number of benzene rings is 2. The van der Waals surface area contributed by atoms with Crippen LogP contribution < -0.4 is 20.1 Å².